The van der Waals surface area contributed by atoms with Crippen LogP contribution < -0.4 is 4.90 Å². The second kappa shape index (κ2) is 7.68. The van der Waals surface area contributed by atoms with Crippen LogP contribution in [-0.4, -0.2) is 16.8 Å². The maximum atomic E-state index is 14.6. The molecule has 1 N–H and O–H groups in total. The predicted octanol–water partition coefficient (Wildman–Crippen LogP) is 6.32. The first-order chi connectivity index (χ1) is 15.3. The topological polar surface area (TPSA) is 70.8 Å². The van der Waals surface area contributed by atoms with Gasteiger partial charge in [-0.3, -0.25) is 14.5 Å². The Labute approximate surface area is 192 Å². The summed E-state index contributed by atoms with van der Waals surface area (Å²) in [4.78, 5) is 27.9. The molecule has 2 aromatic carbocycles. The summed E-state index contributed by atoms with van der Waals surface area (Å²) in [6, 6.07) is 11.7. The minimum Gasteiger partial charge on any atom is -0.503 e. The van der Waals surface area contributed by atoms with E-state index in [4.69, 9.17) is 4.42 Å². The number of fused-ring (bicyclic) bond motifs is 1. The van der Waals surface area contributed by atoms with E-state index in [-0.39, 0.29) is 17.0 Å². The van der Waals surface area contributed by atoms with E-state index in [0.29, 0.717) is 21.9 Å². The summed E-state index contributed by atoms with van der Waals surface area (Å²) in [5.41, 5.74) is -0.0351. The molecule has 0 radical (unpaired) electrons. The molecule has 4 aromatic rings. The van der Waals surface area contributed by atoms with Gasteiger partial charge in [0.15, 0.2) is 11.5 Å². The van der Waals surface area contributed by atoms with Crippen molar-refractivity contribution in [2.45, 2.75) is 6.04 Å². The van der Waals surface area contributed by atoms with E-state index in [1.54, 1.807) is 35.7 Å². The Morgan fingerprint density at radius 1 is 1.12 bits per heavy atom. The van der Waals surface area contributed by atoms with Crippen LogP contribution >= 0.6 is 27.3 Å². The van der Waals surface area contributed by atoms with Crippen molar-refractivity contribution in [2.75, 3.05) is 4.90 Å². The molecular formula is C23H12BrF2NO4S. The third kappa shape index (κ3) is 3.25. The zero-order chi connectivity index (χ0) is 22.6. The molecule has 9 heteroatoms. The van der Waals surface area contributed by atoms with Gasteiger partial charge in [0.1, 0.15) is 23.3 Å². The SMILES string of the molecule is O=C(C1=C(O)C(=O)N(c2ccc(F)cc2F)C1c1cccs1)c1cc2cc(Br)ccc2o1. The molecule has 0 spiro atoms. The van der Waals surface area contributed by atoms with E-state index >= 15 is 0 Å². The second-order valence-corrected chi connectivity index (χ2v) is 8.97. The highest BCUT2D eigenvalue weighted by molar-refractivity contribution is 9.10. The molecule has 0 bridgehead atoms. The van der Waals surface area contributed by atoms with Gasteiger partial charge < -0.3 is 9.52 Å². The standard InChI is InChI=1S/C23H12BrF2NO4S/c24-12-3-6-16-11(8-12)9-17(31-16)21(28)19-20(18-2-1-7-32-18)27(23(30)22(19)29)15-5-4-13(25)10-14(15)26/h1-10,20,29H. The lowest BCUT2D eigenvalue weighted by atomic mass is 10.00. The van der Waals surface area contributed by atoms with Crippen LogP contribution in [0.3, 0.4) is 0 Å². The molecule has 0 aliphatic carbocycles. The van der Waals surface area contributed by atoms with Gasteiger partial charge in [0.2, 0.25) is 5.78 Å². The Morgan fingerprint density at radius 2 is 1.94 bits per heavy atom. The molecule has 32 heavy (non-hydrogen) atoms. The number of amides is 1. The fourth-order valence-electron chi connectivity index (χ4n) is 3.74. The fraction of sp³-hybridized carbons (Fsp3) is 0.0435. The predicted molar refractivity (Wildman–Crippen MR) is 119 cm³/mol. The van der Waals surface area contributed by atoms with Crippen molar-refractivity contribution in [1.82, 2.24) is 0 Å². The summed E-state index contributed by atoms with van der Waals surface area (Å²) in [6.07, 6.45) is 0. The van der Waals surface area contributed by atoms with Crippen molar-refractivity contribution in [3.8, 4) is 0 Å². The number of Topliss-reactive ketones (excluding diaryl/α,β-unsaturated/α-hetero) is 1. The van der Waals surface area contributed by atoms with Gasteiger partial charge in [-0.05, 0) is 47.8 Å². The number of halogens is 3. The van der Waals surface area contributed by atoms with E-state index in [0.717, 1.165) is 21.5 Å². The number of rotatable bonds is 4. The molecule has 5 rings (SSSR count). The first kappa shape index (κ1) is 20.6. The number of thiophene rings is 1. The molecule has 1 atom stereocenters. The minimum atomic E-state index is -1.10. The highest BCUT2D eigenvalue weighted by atomic mass is 79.9. The van der Waals surface area contributed by atoms with Crippen LogP contribution in [0, 0.1) is 11.6 Å². The molecular weight excluding hydrogens is 504 g/mol. The van der Waals surface area contributed by atoms with Crippen molar-refractivity contribution < 1.29 is 27.9 Å². The van der Waals surface area contributed by atoms with Gasteiger partial charge in [-0.15, -0.1) is 11.3 Å². The quantitative estimate of drug-likeness (QED) is 0.323. The van der Waals surface area contributed by atoms with Gasteiger partial charge in [0.05, 0.1) is 11.3 Å². The number of hydrogen-bond donors (Lipinski definition) is 1. The Kier molecular flexibility index (Phi) is 4.94. The average Bonchev–Trinajstić information content (AvgIpc) is 3.47. The number of anilines is 1. The highest BCUT2D eigenvalue weighted by Gasteiger charge is 2.46. The highest BCUT2D eigenvalue weighted by Crippen LogP contribution is 2.44. The van der Waals surface area contributed by atoms with Crippen LogP contribution in [0.1, 0.15) is 21.5 Å². The monoisotopic (exact) mass is 515 g/mol. The summed E-state index contributed by atoms with van der Waals surface area (Å²) in [7, 11) is 0. The number of furan rings is 1. The van der Waals surface area contributed by atoms with Gasteiger partial charge in [-0.25, -0.2) is 8.78 Å². The molecule has 0 saturated heterocycles. The van der Waals surface area contributed by atoms with Crippen LogP contribution in [0.25, 0.3) is 11.0 Å². The van der Waals surface area contributed by atoms with E-state index in [9.17, 15) is 23.5 Å². The normalized spacial score (nSPS) is 16.4. The molecule has 1 aliphatic rings. The molecule has 1 amide bonds. The van der Waals surface area contributed by atoms with Gasteiger partial charge in [0.25, 0.3) is 5.91 Å². The maximum absolute atomic E-state index is 14.6. The van der Waals surface area contributed by atoms with Crippen LogP contribution in [0.2, 0.25) is 0 Å². The molecule has 2 aromatic heterocycles. The summed E-state index contributed by atoms with van der Waals surface area (Å²) >= 11 is 4.59. The summed E-state index contributed by atoms with van der Waals surface area (Å²) in [5, 5.41) is 13.1. The number of nitrogens with zero attached hydrogens (tertiary/aromatic N) is 1. The molecule has 1 unspecified atom stereocenters. The van der Waals surface area contributed by atoms with Gasteiger partial charge >= 0.3 is 0 Å². The van der Waals surface area contributed by atoms with Crippen molar-refractivity contribution in [2.24, 2.45) is 0 Å². The molecule has 0 fully saturated rings. The summed E-state index contributed by atoms with van der Waals surface area (Å²) in [5.74, 6) is -4.35. The smallest absolute Gasteiger partial charge is 0.294 e. The molecule has 1 aliphatic heterocycles. The number of aliphatic hydroxyl groups is 1. The van der Waals surface area contributed by atoms with Crippen molar-refractivity contribution in [3.63, 3.8) is 0 Å². The summed E-state index contributed by atoms with van der Waals surface area (Å²) < 4.78 is 34.5. The minimum absolute atomic E-state index is 0.0737. The lowest BCUT2D eigenvalue weighted by molar-refractivity contribution is -0.117. The Hall–Kier alpha value is -3.30. The number of carbonyl (C=O) groups is 2. The van der Waals surface area contributed by atoms with Crippen LogP contribution in [-0.2, 0) is 4.79 Å². The average molecular weight is 516 g/mol. The zero-order valence-corrected chi connectivity index (χ0v) is 18.4. The Balaban J connectivity index is 1.65. The van der Waals surface area contributed by atoms with Crippen molar-refractivity contribution in [1.29, 1.82) is 0 Å². The first-order valence-corrected chi connectivity index (χ1v) is 11.0. The Morgan fingerprint density at radius 3 is 2.66 bits per heavy atom. The molecule has 5 nitrogen and oxygen atoms in total. The number of aliphatic hydroxyl groups excluding tert-OH is 1. The number of benzene rings is 2. The molecule has 160 valence electrons. The summed E-state index contributed by atoms with van der Waals surface area (Å²) in [6.45, 7) is 0. The number of hydrogen-bond acceptors (Lipinski definition) is 5. The fourth-order valence-corrected chi connectivity index (χ4v) is 4.94. The third-order valence-corrected chi connectivity index (χ3v) is 6.55. The van der Waals surface area contributed by atoms with Crippen LogP contribution in [0.4, 0.5) is 14.5 Å². The molecule has 0 saturated carbocycles. The van der Waals surface area contributed by atoms with E-state index in [1.807, 2.05) is 0 Å². The maximum Gasteiger partial charge on any atom is 0.294 e. The van der Waals surface area contributed by atoms with E-state index in [2.05, 4.69) is 15.9 Å². The second-order valence-electron chi connectivity index (χ2n) is 7.07. The van der Waals surface area contributed by atoms with E-state index < -0.39 is 35.1 Å². The number of ketones is 1. The Bertz CT molecular complexity index is 1430. The largest absolute Gasteiger partial charge is 0.503 e. The molecule has 3 heterocycles. The van der Waals surface area contributed by atoms with Crippen molar-refractivity contribution in [3.05, 3.63) is 98.1 Å². The van der Waals surface area contributed by atoms with Gasteiger partial charge in [-0.2, -0.15) is 0 Å². The van der Waals surface area contributed by atoms with Gasteiger partial charge in [0, 0.05) is 20.8 Å². The zero-order valence-electron chi connectivity index (χ0n) is 16.0. The van der Waals surface area contributed by atoms with Crippen molar-refractivity contribution >= 4 is 55.6 Å². The third-order valence-electron chi connectivity index (χ3n) is 5.14. The van der Waals surface area contributed by atoms with Gasteiger partial charge in [-0.1, -0.05) is 22.0 Å². The lowest BCUT2D eigenvalue weighted by Crippen LogP contribution is -2.31. The first-order valence-electron chi connectivity index (χ1n) is 9.34. The van der Waals surface area contributed by atoms with Crippen LogP contribution in [0.15, 0.2) is 80.2 Å². The van der Waals surface area contributed by atoms with E-state index in [1.165, 1.54) is 17.4 Å². The number of carbonyl (C=O) groups excluding carboxylic acids is 2. The van der Waals surface area contributed by atoms with Crippen LogP contribution in [0.5, 0.6) is 0 Å². The lowest BCUT2D eigenvalue weighted by Gasteiger charge is -2.25.